The van der Waals surface area contributed by atoms with Crippen LogP contribution in [0.1, 0.15) is 11.1 Å². The van der Waals surface area contributed by atoms with Crippen molar-refractivity contribution < 1.29 is 0 Å². The zero-order valence-electron chi connectivity index (χ0n) is 9.96. The van der Waals surface area contributed by atoms with Crippen LogP contribution < -0.4 is 5.32 Å². The minimum atomic E-state index is 0.904. The van der Waals surface area contributed by atoms with Gasteiger partial charge >= 0.3 is 0 Å². The highest BCUT2D eigenvalue weighted by molar-refractivity contribution is 9.10. The predicted molar refractivity (Wildman–Crippen MR) is 73.4 cm³/mol. The molecule has 1 rings (SSSR count). The molecule has 0 saturated carbocycles. The van der Waals surface area contributed by atoms with Gasteiger partial charge in [0.15, 0.2) is 0 Å². The number of nitrogens with one attached hydrogen (secondary N) is 1. The van der Waals surface area contributed by atoms with Gasteiger partial charge in [0.2, 0.25) is 0 Å². The van der Waals surface area contributed by atoms with Gasteiger partial charge < -0.3 is 5.32 Å². The van der Waals surface area contributed by atoms with E-state index in [1.54, 1.807) is 0 Å². The van der Waals surface area contributed by atoms with Gasteiger partial charge in [0.1, 0.15) is 0 Å². The van der Waals surface area contributed by atoms with E-state index in [4.69, 9.17) is 0 Å². The summed E-state index contributed by atoms with van der Waals surface area (Å²) in [4.78, 5) is 2.23. The number of likely N-dealkylation sites (N-methyl/N-ethyl adjacent to an activating group) is 1. The molecule has 0 saturated heterocycles. The second kappa shape index (κ2) is 6.84. The molecule has 2 nitrogen and oxygen atoms in total. The first-order chi connectivity index (χ1) is 7.67. The molecule has 0 aromatic heterocycles. The predicted octanol–water partition coefficient (Wildman–Crippen LogP) is 2.79. The van der Waals surface area contributed by atoms with Crippen LogP contribution in [0.25, 0.3) is 0 Å². The maximum Gasteiger partial charge on any atom is 0.0245 e. The van der Waals surface area contributed by atoms with Gasteiger partial charge in [-0.05, 0) is 31.3 Å². The van der Waals surface area contributed by atoms with Crippen molar-refractivity contribution in [2.45, 2.75) is 13.1 Å². The number of rotatable bonds is 6. The number of nitrogens with zero attached hydrogens (tertiary/aromatic N) is 1. The Labute approximate surface area is 106 Å². The first kappa shape index (κ1) is 13.4. The largest absolute Gasteiger partial charge is 0.316 e. The minimum Gasteiger partial charge on any atom is -0.316 e. The van der Waals surface area contributed by atoms with E-state index < -0.39 is 0 Å². The minimum absolute atomic E-state index is 0.904. The maximum absolute atomic E-state index is 3.74. The van der Waals surface area contributed by atoms with Crippen LogP contribution in [0.2, 0.25) is 0 Å². The molecule has 0 aliphatic heterocycles. The second-order valence-corrected chi connectivity index (χ2v) is 4.80. The molecular weight excluding hydrogens is 264 g/mol. The van der Waals surface area contributed by atoms with E-state index in [-0.39, 0.29) is 0 Å². The summed E-state index contributed by atoms with van der Waals surface area (Å²) in [6.45, 7) is 6.49. The average molecular weight is 283 g/mol. The van der Waals surface area contributed by atoms with Gasteiger partial charge in [-0.3, -0.25) is 4.90 Å². The lowest BCUT2D eigenvalue weighted by molar-refractivity contribution is 0.363. The zero-order valence-corrected chi connectivity index (χ0v) is 11.5. The van der Waals surface area contributed by atoms with Crippen molar-refractivity contribution in [2.24, 2.45) is 0 Å². The number of hydrogen-bond acceptors (Lipinski definition) is 2. The van der Waals surface area contributed by atoms with E-state index in [2.05, 4.69) is 58.0 Å². The summed E-state index contributed by atoms with van der Waals surface area (Å²) in [5.41, 5.74) is 2.61. The molecule has 0 amide bonds. The maximum atomic E-state index is 3.74. The van der Waals surface area contributed by atoms with Crippen LogP contribution in [0.15, 0.2) is 35.3 Å². The molecule has 3 heteroatoms. The topological polar surface area (TPSA) is 15.3 Å². The smallest absolute Gasteiger partial charge is 0.0245 e. The van der Waals surface area contributed by atoms with E-state index in [1.165, 1.54) is 15.6 Å². The molecule has 0 radical (unpaired) electrons. The quantitative estimate of drug-likeness (QED) is 0.808. The summed E-state index contributed by atoms with van der Waals surface area (Å²) in [6, 6.07) is 6.52. The molecule has 0 heterocycles. The van der Waals surface area contributed by atoms with Crippen molar-refractivity contribution in [1.82, 2.24) is 10.2 Å². The number of halogens is 1. The van der Waals surface area contributed by atoms with E-state index in [1.807, 2.05) is 13.1 Å². The summed E-state index contributed by atoms with van der Waals surface area (Å²) >= 11 is 3.62. The summed E-state index contributed by atoms with van der Waals surface area (Å²) < 4.78 is 1.18. The van der Waals surface area contributed by atoms with E-state index in [0.717, 1.165) is 19.6 Å². The fourth-order valence-corrected chi connectivity index (χ4v) is 2.16. The Morgan fingerprint density at radius 1 is 1.50 bits per heavy atom. The first-order valence-electron chi connectivity index (χ1n) is 5.38. The molecule has 0 fully saturated rings. The van der Waals surface area contributed by atoms with Crippen molar-refractivity contribution in [3.63, 3.8) is 0 Å². The second-order valence-electron chi connectivity index (χ2n) is 3.94. The molecular formula is C13H19BrN2. The average Bonchev–Trinajstić information content (AvgIpc) is 2.23. The third kappa shape index (κ3) is 4.08. The highest BCUT2D eigenvalue weighted by Gasteiger charge is 2.03. The van der Waals surface area contributed by atoms with Crippen molar-refractivity contribution >= 4 is 15.9 Å². The molecule has 0 aliphatic rings. The number of benzene rings is 1. The van der Waals surface area contributed by atoms with Crippen LogP contribution in [-0.4, -0.2) is 25.5 Å². The van der Waals surface area contributed by atoms with Crippen LogP contribution in [-0.2, 0) is 13.1 Å². The van der Waals surface area contributed by atoms with Crippen molar-refractivity contribution in [1.29, 1.82) is 0 Å². The van der Waals surface area contributed by atoms with Crippen molar-refractivity contribution in [3.05, 3.63) is 46.5 Å². The van der Waals surface area contributed by atoms with Crippen LogP contribution in [0.3, 0.4) is 0 Å². The molecule has 0 atom stereocenters. The summed E-state index contributed by atoms with van der Waals surface area (Å²) in [6.07, 6.45) is 1.92. The first-order valence-corrected chi connectivity index (χ1v) is 6.18. The van der Waals surface area contributed by atoms with E-state index in [0.29, 0.717) is 0 Å². The van der Waals surface area contributed by atoms with Gasteiger partial charge in [-0.1, -0.05) is 34.1 Å². The monoisotopic (exact) mass is 282 g/mol. The normalized spacial score (nSPS) is 10.8. The molecule has 1 N–H and O–H groups in total. The lowest BCUT2D eigenvalue weighted by Crippen LogP contribution is -2.17. The molecule has 1 aromatic rings. The highest BCUT2D eigenvalue weighted by Crippen LogP contribution is 2.20. The van der Waals surface area contributed by atoms with Crippen LogP contribution >= 0.6 is 15.9 Å². The molecule has 0 spiro atoms. The molecule has 0 aliphatic carbocycles. The Morgan fingerprint density at radius 2 is 2.25 bits per heavy atom. The Kier molecular flexibility index (Phi) is 5.74. The lowest BCUT2D eigenvalue weighted by atomic mass is 10.1. The standard InChI is InChI=1S/C13H19BrN2/c1-4-7-16(3)10-12-6-5-11(9-15-2)8-13(12)14/h4-6,8,15H,1,7,9-10H2,2-3H3. The molecule has 16 heavy (non-hydrogen) atoms. The molecule has 0 unspecified atom stereocenters. The zero-order chi connectivity index (χ0) is 12.0. The van der Waals surface area contributed by atoms with Crippen molar-refractivity contribution in [3.8, 4) is 0 Å². The van der Waals surface area contributed by atoms with Crippen LogP contribution in [0.4, 0.5) is 0 Å². The van der Waals surface area contributed by atoms with Gasteiger partial charge in [-0.2, -0.15) is 0 Å². The van der Waals surface area contributed by atoms with Gasteiger partial charge in [0.05, 0.1) is 0 Å². The molecule has 88 valence electrons. The van der Waals surface area contributed by atoms with Crippen LogP contribution in [0, 0.1) is 0 Å². The Balaban J connectivity index is 2.70. The van der Waals surface area contributed by atoms with Crippen LogP contribution in [0.5, 0.6) is 0 Å². The lowest BCUT2D eigenvalue weighted by Gasteiger charge is -2.16. The van der Waals surface area contributed by atoms with E-state index >= 15 is 0 Å². The van der Waals surface area contributed by atoms with Gasteiger partial charge in [-0.15, -0.1) is 6.58 Å². The third-order valence-corrected chi connectivity index (χ3v) is 3.12. The van der Waals surface area contributed by atoms with E-state index in [9.17, 15) is 0 Å². The van der Waals surface area contributed by atoms with Gasteiger partial charge in [0, 0.05) is 24.1 Å². The Morgan fingerprint density at radius 3 is 2.81 bits per heavy atom. The molecule has 0 bridgehead atoms. The summed E-state index contributed by atoms with van der Waals surface area (Å²) in [5, 5.41) is 3.15. The van der Waals surface area contributed by atoms with Gasteiger partial charge in [-0.25, -0.2) is 0 Å². The summed E-state index contributed by atoms with van der Waals surface area (Å²) in [7, 11) is 4.05. The molecule has 1 aromatic carbocycles. The highest BCUT2D eigenvalue weighted by atomic mass is 79.9. The number of hydrogen-bond donors (Lipinski definition) is 1. The third-order valence-electron chi connectivity index (χ3n) is 2.38. The fourth-order valence-electron chi connectivity index (χ4n) is 1.61. The SMILES string of the molecule is C=CCN(C)Cc1ccc(CNC)cc1Br. The summed E-state index contributed by atoms with van der Waals surface area (Å²) in [5.74, 6) is 0. The fraction of sp³-hybridized carbons (Fsp3) is 0.385. The Hall–Kier alpha value is -0.640. The Bertz CT molecular complexity index is 350. The van der Waals surface area contributed by atoms with Crippen molar-refractivity contribution in [2.75, 3.05) is 20.6 Å². The van der Waals surface area contributed by atoms with Gasteiger partial charge in [0.25, 0.3) is 0 Å².